The van der Waals surface area contributed by atoms with Crippen molar-refractivity contribution in [1.29, 1.82) is 0 Å². The van der Waals surface area contributed by atoms with Crippen molar-refractivity contribution < 1.29 is 37.7 Å². The number of carboxylic acid groups (broad SMARTS) is 1. The van der Waals surface area contributed by atoms with E-state index in [0.29, 0.717) is 0 Å². The molecule has 1 N–H and O–H groups in total. The van der Waals surface area contributed by atoms with Gasteiger partial charge in [-0.1, -0.05) is 0 Å². The van der Waals surface area contributed by atoms with Crippen LogP contribution >= 0.6 is 0 Å². The number of hydrogen-bond donors (Lipinski definition) is 1. The molecule has 0 spiro atoms. The molecule has 0 saturated carbocycles. The minimum absolute atomic E-state index is 1.62. The Morgan fingerprint density at radius 1 is 1.50 bits per heavy atom. The van der Waals surface area contributed by atoms with Gasteiger partial charge in [0.2, 0.25) is 0 Å². The maximum atomic E-state index is 11.1. The van der Waals surface area contributed by atoms with E-state index in [1.54, 1.807) is 0 Å². The Kier molecular flexibility index (Phi) is 2.52. The fraction of sp³-hybridized carbons (Fsp3) is 0.500. The molecule has 0 aliphatic heterocycles. The second-order valence-electron chi connectivity index (χ2n) is 0.871. The molecule has 2 nitrogen and oxygen atoms in total. The predicted octanol–water partition coefficient (Wildman–Crippen LogP) is 1.30. The van der Waals surface area contributed by atoms with Crippen LogP contribution in [0.5, 0.6) is 0 Å². The third-order valence-electron chi connectivity index (χ3n) is 0.212. The van der Waals surface area contributed by atoms with E-state index in [-0.39, 0.29) is 0 Å². The molecule has 8 heavy (non-hydrogen) atoms. The van der Waals surface area contributed by atoms with Gasteiger partial charge in [0.25, 0.3) is 0 Å². The third kappa shape index (κ3) is 6.00. The Morgan fingerprint density at radius 3 is 1.88 bits per heavy atom. The van der Waals surface area contributed by atoms with Crippen molar-refractivity contribution >= 4 is 5.97 Å². The summed E-state index contributed by atoms with van der Waals surface area (Å²) < 4.78 is 31.6. The summed E-state index contributed by atoms with van der Waals surface area (Å²) in [5.74, 6) is -1.79. The fourth-order valence-electron chi connectivity index (χ4n) is 0.103. The molecule has 0 unspecified atom stereocenters. The van der Waals surface area contributed by atoms with Crippen LogP contribution in [0.15, 0.2) is 0 Å². The van der Waals surface area contributed by atoms with Crippen molar-refractivity contribution in [2.24, 2.45) is 0 Å². The normalized spacial score (nSPS) is 13.4. The number of carbonyl (C=O) groups is 1. The molecule has 0 amide bonds. The third-order valence-corrected chi connectivity index (χ3v) is 1.25. The zero-order valence-corrected chi connectivity index (χ0v) is 4.98. The van der Waals surface area contributed by atoms with E-state index >= 15 is 0 Å². The minimum atomic E-state index is -5.83. The average molecular weight is 224 g/mol. The summed E-state index contributed by atoms with van der Waals surface area (Å²) in [6, 6.07) is 0. The topological polar surface area (TPSA) is 37.3 Å². The summed E-state index contributed by atoms with van der Waals surface area (Å²) in [5, 5.41) is 7.56. The van der Waals surface area contributed by atoms with Crippen LogP contribution in [0.1, 0.15) is 0 Å². The number of rotatable bonds is 2. The van der Waals surface area contributed by atoms with Crippen molar-refractivity contribution in [2.75, 3.05) is 0 Å². The van der Waals surface area contributed by atoms with Crippen LogP contribution in [0.2, 0.25) is 4.64 Å². The molecule has 55 valence electrons. The van der Waals surface area contributed by atoms with E-state index in [0.717, 1.165) is 0 Å². The number of carboxylic acids is 1. The summed E-state index contributed by atoms with van der Waals surface area (Å²) in [5.41, 5.74) is 0. The van der Waals surface area contributed by atoms with Crippen molar-refractivity contribution in [3.63, 3.8) is 0 Å². The first-order valence-corrected chi connectivity index (χ1v) is 4.07. The first kappa shape index (κ1) is 8.00. The van der Waals surface area contributed by atoms with E-state index in [9.17, 15) is 13.9 Å². The first-order chi connectivity index (χ1) is 3.42. The molecular formula is C2H3AgF3O2. The van der Waals surface area contributed by atoms with Gasteiger partial charge >= 0.3 is 48.4 Å². The van der Waals surface area contributed by atoms with Gasteiger partial charge in [0.05, 0.1) is 0 Å². The number of halogens is 3. The van der Waals surface area contributed by atoms with Crippen LogP contribution in [0.25, 0.3) is 0 Å². The van der Waals surface area contributed by atoms with E-state index in [2.05, 4.69) is 0 Å². The molecular weight excluding hydrogens is 221 g/mol. The molecule has 0 saturated heterocycles. The molecule has 0 bridgehead atoms. The van der Waals surface area contributed by atoms with E-state index in [1.165, 1.54) is 0 Å². The van der Waals surface area contributed by atoms with Crippen LogP contribution in [0.4, 0.5) is 9.07 Å². The van der Waals surface area contributed by atoms with Crippen molar-refractivity contribution in [2.45, 2.75) is 4.64 Å². The molecule has 0 aliphatic rings. The molecule has 0 aromatic rings. The molecule has 0 rings (SSSR count). The second-order valence-corrected chi connectivity index (χ2v) is 3.22. The Hall–Kier alpha value is 0.000260. The van der Waals surface area contributed by atoms with Gasteiger partial charge in [-0.3, -0.25) is 0 Å². The van der Waals surface area contributed by atoms with Gasteiger partial charge in [0.15, 0.2) is 0 Å². The Bertz CT molecular complexity index is 97.9. The van der Waals surface area contributed by atoms with Crippen LogP contribution in [-0.4, -0.2) is 11.1 Å². The first-order valence-electron chi connectivity index (χ1n) is 1.34. The average Bonchev–Trinajstić information content (AvgIpc) is 1.21. The second kappa shape index (κ2) is 2.52. The number of aliphatic carboxylic acids is 1. The molecule has 0 aliphatic carbocycles. The SMILES string of the molecule is O=C(O)[CH2][Ag]([F])([F])[F]. The van der Waals surface area contributed by atoms with E-state index in [1.807, 2.05) is 0 Å². The van der Waals surface area contributed by atoms with Crippen molar-refractivity contribution in [3.05, 3.63) is 0 Å². The maximum absolute atomic E-state index is 11.1. The Morgan fingerprint density at radius 2 is 1.88 bits per heavy atom. The van der Waals surface area contributed by atoms with Gasteiger partial charge in [0.1, 0.15) is 0 Å². The summed E-state index contributed by atoms with van der Waals surface area (Å²) >= 11 is -5.83. The molecule has 0 aromatic heterocycles. The zero-order chi connectivity index (χ0) is 6.78. The van der Waals surface area contributed by atoms with Gasteiger partial charge in [0, 0.05) is 0 Å². The van der Waals surface area contributed by atoms with Gasteiger partial charge in [-0.2, -0.15) is 0 Å². The van der Waals surface area contributed by atoms with Gasteiger partial charge < -0.3 is 0 Å². The fourth-order valence-corrected chi connectivity index (χ4v) is 0.612. The molecule has 6 heteroatoms. The van der Waals surface area contributed by atoms with E-state index in [4.69, 9.17) is 5.11 Å². The monoisotopic (exact) mass is 223 g/mol. The van der Waals surface area contributed by atoms with Crippen molar-refractivity contribution in [3.8, 4) is 0 Å². The summed E-state index contributed by atoms with van der Waals surface area (Å²) in [4.78, 5) is 9.33. The molecule has 0 radical (unpaired) electrons. The van der Waals surface area contributed by atoms with Crippen molar-refractivity contribution in [1.82, 2.24) is 0 Å². The standard InChI is InChI=1S/C2H3O2.Ag.3FH/c1-2(3)4;;;;/h1H2,(H,3,4);;3*1H/q;+3;;;/p-3. The summed E-state index contributed by atoms with van der Waals surface area (Å²) in [7, 11) is 0. The van der Waals surface area contributed by atoms with Gasteiger partial charge in [-0.25, -0.2) is 0 Å². The Labute approximate surface area is 48.9 Å². The number of hydrogen-bond acceptors (Lipinski definition) is 1. The molecule has 0 heterocycles. The quantitative estimate of drug-likeness (QED) is 0.717. The van der Waals surface area contributed by atoms with E-state index < -0.39 is 29.4 Å². The predicted molar refractivity (Wildman–Crippen MR) is 15.8 cm³/mol. The van der Waals surface area contributed by atoms with Crippen LogP contribution in [0.3, 0.4) is 0 Å². The molecule has 0 aromatic carbocycles. The van der Waals surface area contributed by atoms with Crippen LogP contribution in [-0.2, 0) is 23.6 Å². The van der Waals surface area contributed by atoms with Gasteiger partial charge in [-0.15, -0.1) is 0 Å². The van der Waals surface area contributed by atoms with Crippen LogP contribution < -0.4 is 0 Å². The molecule has 0 atom stereocenters. The molecule has 0 fully saturated rings. The van der Waals surface area contributed by atoms with Crippen LogP contribution in [0, 0.1) is 0 Å². The zero-order valence-electron chi connectivity index (χ0n) is 3.50. The summed E-state index contributed by atoms with van der Waals surface area (Å²) in [6.07, 6.45) is 0. The summed E-state index contributed by atoms with van der Waals surface area (Å²) in [6.45, 7) is 0. The van der Waals surface area contributed by atoms with Gasteiger partial charge in [-0.05, 0) is 0 Å². The Balaban J connectivity index is 3.55.